The molecule has 3 aromatic rings. The number of amides is 3. The fraction of sp³-hybridized carbons (Fsp3) is 0.261. The summed E-state index contributed by atoms with van der Waals surface area (Å²) in [4.78, 5) is 38.2. The molecule has 1 fully saturated rings. The van der Waals surface area contributed by atoms with Crippen LogP contribution in [0, 0.1) is 0 Å². The van der Waals surface area contributed by atoms with Gasteiger partial charge in [0.25, 0.3) is 0 Å². The number of hydrogen-bond acceptors (Lipinski definition) is 5. The Morgan fingerprint density at radius 1 is 1.13 bits per heavy atom. The maximum absolute atomic E-state index is 12.3. The topological polar surface area (TPSA) is 101 Å². The lowest BCUT2D eigenvalue weighted by Gasteiger charge is -2.17. The van der Waals surface area contributed by atoms with Crippen molar-refractivity contribution in [3.8, 4) is 0 Å². The van der Waals surface area contributed by atoms with E-state index in [0.29, 0.717) is 30.1 Å². The molecule has 0 radical (unpaired) electrons. The fourth-order valence-electron chi connectivity index (χ4n) is 3.59. The summed E-state index contributed by atoms with van der Waals surface area (Å²) in [5, 5.41) is 6.07. The van der Waals surface area contributed by atoms with Crippen molar-refractivity contribution in [3.63, 3.8) is 0 Å². The van der Waals surface area contributed by atoms with Crippen LogP contribution in [0.2, 0.25) is 0 Å². The Morgan fingerprint density at radius 2 is 1.97 bits per heavy atom. The number of ether oxygens (including phenoxy) is 1. The highest BCUT2D eigenvalue weighted by molar-refractivity contribution is 6.39. The molecule has 2 aromatic carbocycles. The van der Waals surface area contributed by atoms with Gasteiger partial charge in [-0.1, -0.05) is 24.3 Å². The summed E-state index contributed by atoms with van der Waals surface area (Å²) in [6.45, 7) is 0.724. The highest BCUT2D eigenvalue weighted by Gasteiger charge is 2.23. The van der Waals surface area contributed by atoms with E-state index in [0.717, 1.165) is 17.4 Å². The number of carbonyl (C=O) groups is 3. The largest absolute Gasteiger partial charge is 0.458 e. The summed E-state index contributed by atoms with van der Waals surface area (Å²) in [6, 6.07) is 16.3. The van der Waals surface area contributed by atoms with Gasteiger partial charge in [0.15, 0.2) is 0 Å². The van der Waals surface area contributed by atoms with Crippen LogP contribution in [-0.4, -0.2) is 37.9 Å². The molecule has 0 saturated carbocycles. The second-order valence-corrected chi connectivity index (χ2v) is 7.27. The standard InChI is InChI=1S/C23H23N3O5/c1-30-20(19-12-15-6-2-3-9-18(15)31-19)14-24-22(28)23(29)25-16-7-4-8-17(13-16)26-11-5-10-21(26)27/h2-4,6-9,12-13,20H,5,10-11,14H2,1H3,(H,24,28)(H,25,29). The first-order valence-corrected chi connectivity index (χ1v) is 10.1. The van der Waals surface area contributed by atoms with Crippen molar-refractivity contribution in [1.29, 1.82) is 0 Å². The third-order valence-electron chi connectivity index (χ3n) is 5.19. The molecule has 2 N–H and O–H groups in total. The number of carbonyl (C=O) groups excluding carboxylic acids is 3. The van der Waals surface area contributed by atoms with Crippen molar-refractivity contribution in [1.82, 2.24) is 5.32 Å². The quantitative estimate of drug-likeness (QED) is 0.596. The molecule has 1 saturated heterocycles. The van der Waals surface area contributed by atoms with Gasteiger partial charge in [-0.05, 0) is 36.8 Å². The lowest BCUT2D eigenvalue weighted by molar-refractivity contribution is -0.136. The van der Waals surface area contributed by atoms with Crippen molar-refractivity contribution in [2.24, 2.45) is 0 Å². The number of benzene rings is 2. The fourth-order valence-corrected chi connectivity index (χ4v) is 3.59. The van der Waals surface area contributed by atoms with Crippen molar-refractivity contribution in [2.75, 3.05) is 30.4 Å². The zero-order valence-electron chi connectivity index (χ0n) is 17.1. The number of nitrogens with one attached hydrogen (secondary N) is 2. The zero-order valence-corrected chi connectivity index (χ0v) is 17.1. The summed E-state index contributed by atoms with van der Waals surface area (Å²) in [7, 11) is 1.51. The minimum Gasteiger partial charge on any atom is -0.458 e. The Labute approximate surface area is 179 Å². The van der Waals surface area contributed by atoms with Crippen LogP contribution in [0.5, 0.6) is 0 Å². The summed E-state index contributed by atoms with van der Waals surface area (Å²) in [5.41, 5.74) is 1.86. The molecular formula is C23H23N3O5. The monoisotopic (exact) mass is 421 g/mol. The van der Waals surface area contributed by atoms with Crippen LogP contribution >= 0.6 is 0 Å². The van der Waals surface area contributed by atoms with Gasteiger partial charge >= 0.3 is 11.8 Å². The molecule has 0 bridgehead atoms. The number of fused-ring (bicyclic) bond motifs is 1. The molecule has 8 nitrogen and oxygen atoms in total. The summed E-state index contributed by atoms with van der Waals surface area (Å²) >= 11 is 0. The number of hydrogen-bond donors (Lipinski definition) is 2. The van der Waals surface area contributed by atoms with Gasteiger partial charge in [0, 0.05) is 36.8 Å². The van der Waals surface area contributed by atoms with Crippen molar-refractivity contribution < 1.29 is 23.5 Å². The Hall–Kier alpha value is -3.65. The van der Waals surface area contributed by atoms with E-state index >= 15 is 0 Å². The van der Waals surface area contributed by atoms with E-state index < -0.39 is 17.9 Å². The van der Waals surface area contributed by atoms with E-state index in [9.17, 15) is 14.4 Å². The van der Waals surface area contributed by atoms with E-state index in [1.54, 1.807) is 29.2 Å². The smallest absolute Gasteiger partial charge is 0.313 e. The number of nitrogens with zero attached hydrogens (tertiary/aromatic N) is 1. The molecule has 2 heterocycles. The maximum atomic E-state index is 12.3. The summed E-state index contributed by atoms with van der Waals surface area (Å²) in [6.07, 6.45) is 0.794. The van der Waals surface area contributed by atoms with Crippen LogP contribution in [0.15, 0.2) is 59.0 Å². The molecule has 1 aliphatic heterocycles. The second-order valence-electron chi connectivity index (χ2n) is 7.27. The van der Waals surface area contributed by atoms with E-state index in [1.807, 2.05) is 30.3 Å². The van der Waals surface area contributed by atoms with Crippen LogP contribution in [0.3, 0.4) is 0 Å². The van der Waals surface area contributed by atoms with Crippen LogP contribution in [0.4, 0.5) is 11.4 Å². The number of anilines is 2. The van der Waals surface area contributed by atoms with Crippen LogP contribution in [0.25, 0.3) is 11.0 Å². The van der Waals surface area contributed by atoms with Gasteiger partial charge in [0.1, 0.15) is 17.4 Å². The number of para-hydroxylation sites is 1. The van der Waals surface area contributed by atoms with Crippen LogP contribution in [-0.2, 0) is 19.1 Å². The lowest BCUT2D eigenvalue weighted by Crippen LogP contribution is -2.38. The molecule has 3 amide bonds. The average molecular weight is 421 g/mol. The highest BCUT2D eigenvalue weighted by atomic mass is 16.5. The first kappa shape index (κ1) is 20.6. The van der Waals surface area contributed by atoms with E-state index in [2.05, 4.69) is 10.6 Å². The normalized spacial score (nSPS) is 14.6. The molecule has 1 aromatic heterocycles. The molecule has 1 aliphatic rings. The molecular weight excluding hydrogens is 398 g/mol. The predicted octanol–water partition coefficient (Wildman–Crippen LogP) is 3.00. The van der Waals surface area contributed by atoms with Gasteiger partial charge in [-0.15, -0.1) is 0 Å². The van der Waals surface area contributed by atoms with Crippen molar-refractivity contribution >= 4 is 40.1 Å². The zero-order chi connectivity index (χ0) is 21.8. The SMILES string of the molecule is COC(CNC(=O)C(=O)Nc1cccc(N2CCCC2=O)c1)c1cc2ccccc2o1. The molecule has 4 rings (SSSR count). The number of furan rings is 1. The Balaban J connectivity index is 1.36. The first-order chi connectivity index (χ1) is 15.0. The van der Waals surface area contributed by atoms with Crippen molar-refractivity contribution in [2.45, 2.75) is 18.9 Å². The third-order valence-corrected chi connectivity index (χ3v) is 5.19. The number of methoxy groups -OCH3 is 1. The van der Waals surface area contributed by atoms with E-state index in [1.165, 1.54) is 7.11 Å². The van der Waals surface area contributed by atoms with Gasteiger partial charge in [-0.3, -0.25) is 14.4 Å². The molecule has 8 heteroatoms. The maximum Gasteiger partial charge on any atom is 0.313 e. The van der Waals surface area contributed by atoms with Crippen molar-refractivity contribution in [3.05, 3.63) is 60.4 Å². The van der Waals surface area contributed by atoms with Crippen LogP contribution in [0.1, 0.15) is 24.7 Å². The summed E-state index contributed by atoms with van der Waals surface area (Å²) < 4.78 is 11.2. The second kappa shape index (κ2) is 9.01. The lowest BCUT2D eigenvalue weighted by atomic mass is 10.2. The van der Waals surface area contributed by atoms with Gasteiger partial charge in [0.2, 0.25) is 5.91 Å². The van der Waals surface area contributed by atoms with Gasteiger partial charge in [0.05, 0.1) is 6.54 Å². The minimum atomic E-state index is -0.802. The van der Waals surface area contributed by atoms with Gasteiger partial charge < -0.3 is 24.7 Å². The molecule has 0 spiro atoms. The first-order valence-electron chi connectivity index (χ1n) is 10.1. The Morgan fingerprint density at radius 3 is 2.71 bits per heavy atom. The molecule has 31 heavy (non-hydrogen) atoms. The Bertz CT molecular complexity index is 1090. The molecule has 160 valence electrons. The molecule has 0 aliphatic carbocycles. The van der Waals surface area contributed by atoms with E-state index in [4.69, 9.17) is 9.15 Å². The summed E-state index contributed by atoms with van der Waals surface area (Å²) in [5.74, 6) is -0.977. The van der Waals surface area contributed by atoms with Gasteiger partial charge in [-0.25, -0.2) is 0 Å². The van der Waals surface area contributed by atoms with Crippen LogP contribution < -0.4 is 15.5 Å². The predicted molar refractivity (Wildman–Crippen MR) is 116 cm³/mol. The van der Waals surface area contributed by atoms with Gasteiger partial charge in [-0.2, -0.15) is 0 Å². The molecule has 1 atom stereocenters. The minimum absolute atomic E-state index is 0.0532. The van der Waals surface area contributed by atoms with E-state index in [-0.39, 0.29) is 12.5 Å². The third kappa shape index (κ3) is 4.59. The Kier molecular flexibility index (Phi) is 5.99. The average Bonchev–Trinajstić information content (AvgIpc) is 3.40. The molecule has 1 unspecified atom stereocenters. The number of rotatable bonds is 6. The highest BCUT2D eigenvalue weighted by Crippen LogP contribution is 2.26.